The minimum Gasteiger partial charge on any atom is -0.462 e. The highest BCUT2D eigenvalue weighted by Crippen LogP contribution is 2.21. The summed E-state index contributed by atoms with van der Waals surface area (Å²) in [4.78, 5) is 12.7. The molecule has 4 rings (SSSR count). The molecule has 158 valence electrons. The Labute approximate surface area is 184 Å². The molecule has 0 N–H and O–H groups in total. The number of thiazole rings is 1. The molecule has 0 amide bonds. The molecule has 0 spiro atoms. The first-order valence-electron chi connectivity index (χ1n) is 10.1. The normalized spacial score (nSPS) is 12.2. The molecule has 0 radical (unpaired) electrons. The Kier molecular flexibility index (Phi) is 5.86. The SMILES string of the molecule is CCOC(=O)c1ccc(-n2c(C)cc(C=NN=c3sc4ccccc4n3C)c2C)cc1. The Hall–Kier alpha value is -3.45. The van der Waals surface area contributed by atoms with Crippen LogP contribution < -0.4 is 4.80 Å². The summed E-state index contributed by atoms with van der Waals surface area (Å²) in [5, 5.41) is 8.78. The number of nitrogens with zero attached hydrogens (tertiary/aromatic N) is 4. The molecule has 2 aromatic carbocycles. The standard InChI is InChI=1S/C24H24N4O2S/c1-5-30-23(29)18-10-12-20(13-11-18)28-16(2)14-19(17(28)3)15-25-26-24-27(4)21-8-6-7-9-22(21)31-24/h6-15H,5H2,1-4H3. The molecule has 6 nitrogen and oxygen atoms in total. The number of ether oxygens (including phenoxy) is 1. The summed E-state index contributed by atoms with van der Waals surface area (Å²) in [5.74, 6) is -0.307. The third-order valence-corrected chi connectivity index (χ3v) is 6.27. The summed E-state index contributed by atoms with van der Waals surface area (Å²) >= 11 is 1.62. The van der Waals surface area contributed by atoms with Crippen molar-refractivity contribution < 1.29 is 9.53 Å². The van der Waals surface area contributed by atoms with E-state index in [0.29, 0.717) is 12.2 Å². The lowest BCUT2D eigenvalue weighted by atomic mass is 10.2. The van der Waals surface area contributed by atoms with Gasteiger partial charge in [0.15, 0.2) is 0 Å². The molecule has 0 aliphatic heterocycles. The lowest BCUT2D eigenvalue weighted by Crippen LogP contribution is -2.08. The number of para-hydroxylation sites is 1. The quantitative estimate of drug-likeness (QED) is 0.259. The lowest BCUT2D eigenvalue weighted by molar-refractivity contribution is 0.0526. The second-order valence-corrected chi connectivity index (χ2v) is 8.19. The Bertz CT molecular complexity index is 1340. The van der Waals surface area contributed by atoms with Gasteiger partial charge in [0, 0.05) is 29.7 Å². The predicted molar refractivity (Wildman–Crippen MR) is 125 cm³/mol. The first-order chi connectivity index (χ1) is 15.0. The average molecular weight is 433 g/mol. The molecule has 0 unspecified atom stereocenters. The fourth-order valence-corrected chi connectivity index (χ4v) is 4.57. The summed E-state index contributed by atoms with van der Waals surface area (Å²) in [7, 11) is 2.00. The number of benzene rings is 2. The lowest BCUT2D eigenvalue weighted by Gasteiger charge is -2.10. The number of aromatic nitrogens is 2. The van der Waals surface area contributed by atoms with E-state index >= 15 is 0 Å². The zero-order chi connectivity index (χ0) is 22.0. The van der Waals surface area contributed by atoms with Crippen LogP contribution in [0.2, 0.25) is 0 Å². The van der Waals surface area contributed by atoms with Crippen LogP contribution in [0.4, 0.5) is 0 Å². The van der Waals surface area contributed by atoms with Crippen molar-refractivity contribution in [2.45, 2.75) is 20.8 Å². The predicted octanol–water partition coefficient (Wildman–Crippen LogP) is 4.76. The van der Waals surface area contributed by atoms with Crippen LogP contribution >= 0.6 is 11.3 Å². The molecule has 7 heteroatoms. The minimum atomic E-state index is -0.307. The fraction of sp³-hybridized carbons (Fsp3) is 0.208. The Morgan fingerprint density at radius 1 is 1.13 bits per heavy atom. The monoisotopic (exact) mass is 432 g/mol. The molecule has 0 saturated heterocycles. The van der Waals surface area contributed by atoms with Crippen molar-refractivity contribution in [1.82, 2.24) is 9.13 Å². The average Bonchev–Trinajstić information content (AvgIpc) is 3.24. The van der Waals surface area contributed by atoms with E-state index in [1.54, 1.807) is 36.6 Å². The molecule has 2 aromatic heterocycles. The van der Waals surface area contributed by atoms with Crippen LogP contribution in [0.3, 0.4) is 0 Å². The van der Waals surface area contributed by atoms with Crippen molar-refractivity contribution in [2.75, 3.05) is 6.61 Å². The van der Waals surface area contributed by atoms with E-state index in [1.165, 1.54) is 4.70 Å². The van der Waals surface area contributed by atoms with Gasteiger partial charge >= 0.3 is 5.97 Å². The third-order valence-electron chi connectivity index (χ3n) is 5.16. The van der Waals surface area contributed by atoms with E-state index < -0.39 is 0 Å². The molecule has 0 saturated carbocycles. The fourth-order valence-electron chi connectivity index (χ4n) is 3.60. The van der Waals surface area contributed by atoms with E-state index in [0.717, 1.165) is 33.0 Å². The van der Waals surface area contributed by atoms with Gasteiger partial charge in [0.25, 0.3) is 0 Å². The van der Waals surface area contributed by atoms with Crippen molar-refractivity contribution in [3.05, 3.63) is 81.9 Å². The molecular weight excluding hydrogens is 408 g/mol. The van der Waals surface area contributed by atoms with Crippen molar-refractivity contribution in [3.8, 4) is 5.69 Å². The Balaban J connectivity index is 1.62. The number of carbonyl (C=O) groups is 1. The van der Waals surface area contributed by atoms with Gasteiger partial charge in [0.2, 0.25) is 4.80 Å². The number of hydrogen-bond acceptors (Lipinski definition) is 5. The number of fused-ring (bicyclic) bond motifs is 1. The van der Waals surface area contributed by atoms with E-state index in [-0.39, 0.29) is 5.97 Å². The number of rotatable bonds is 5. The van der Waals surface area contributed by atoms with Crippen molar-refractivity contribution in [3.63, 3.8) is 0 Å². The molecule has 0 aliphatic rings. The van der Waals surface area contributed by atoms with Crippen LogP contribution in [-0.4, -0.2) is 27.9 Å². The zero-order valence-electron chi connectivity index (χ0n) is 18.0. The highest BCUT2D eigenvalue weighted by atomic mass is 32.1. The van der Waals surface area contributed by atoms with Crippen LogP contribution in [0, 0.1) is 13.8 Å². The number of carbonyl (C=O) groups excluding carboxylic acids is 1. The van der Waals surface area contributed by atoms with Gasteiger partial charge in [-0.3, -0.25) is 0 Å². The van der Waals surface area contributed by atoms with Gasteiger partial charge in [0.05, 0.1) is 28.6 Å². The molecule has 4 aromatic rings. The van der Waals surface area contributed by atoms with Crippen LogP contribution in [0.25, 0.3) is 15.9 Å². The van der Waals surface area contributed by atoms with Crippen LogP contribution in [0.15, 0.2) is 64.8 Å². The number of hydrogen-bond donors (Lipinski definition) is 0. The largest absolute Gasteiger partial charge is 0.462 e. The molecule has 0 atom stereocenters. The topological polar surface area (TPSA) is 60.9 Å². The van der Waals surface area contributed by atoms with Crippen molar-refractivity contribution >= 4 is 33.7 Å². The second-order valence-electron chi connectivity index (χ2n) is 7.19. The van der Waals surface area contributed by atoms with E-state index in [4.69, 9.17) is 4.74 Å². The van der Waals surface area contributed by atoms with Crippen LogP contribution in [0.1, 0.15) is 34.2 Å². The molecule has 0 fully saturated rings. The summed E-state index contributed by atoms with van der Waals surface area (Å²) < 4.78 is 10.4. The maximum atomic E-state index is 11.9. The summed E-state index contributed by atoms with van der Waals surface area (Å²) in [6.45, 7) is 6.26. The molecule has 0 bridgehead atoms. The number of esters is 1. The molecule has 2 heterocycles. The maximum Gasteiger partial charge on any atom is 0.338 e. The molecule has 0 aliphatic carbocycles. The van der Waals surface area contributed by atoms with Gasteiger partial charge in [-0.25, -0.2) is 4.79 Å². The minimum absolute atomic E-state index is 0.307. The Morgan fingerprint density at radius 3 is 2.58 bits per heavy atom. The summed E-state index contributed by atoms with van der Waals surface area (Å²) in [6, 6.07) is 17.7. The van der Waals surface area contributed by atoms with Gasteiger partial charge in [0.1, 0.15) is 0 Å². The van der Waals surface area contributed by atoms with Gasteiger partial charge < -0.3 is 13.9 Å². The van der Waals surface area contributed by atoms with Gasteiger partial charge in [-0.2, -0.15) is 5.10 Å². The Morgan fingerprint density at radius 2 is 1.87 bits per heavy atom. The first-order valence-corrected chi connectivity index (χ1v) is 10.9. The number of aryl methyl sites for hydroxylation is 2. The smallest absolute Gasteiger partial charge is 0.338 e. The van der Waals surface area contributed by atoms with Crippen molar-refractivity contribution in [1.29, 1.82) is 0 Å². The van der Waals surface area contributed by atoms with E-state index in [1.807, 2.05) is 49.7 Å². The maximum absolute atomic E-state index is 11.9. The summed E-state index contributed by atoms with van der Waals surface area (Å²) in [6.07, 6.45) is 1.79. The van der Waals surface area contributed by atoms with Crippen LogP contribution in [0.5, 0.6) is 0 Å². The van der Waals surface area contributed by atoms with Gasteiger partial charge in [-0.05, 0) is 63.2 Å². The van der Waals surface area contributed by atoms with Gasteiger partial charge in [-0.1, -0.05) is 23.5 Å². The zero-order valence-corrected chi connectivity index (χ0v) is 18.8. The van der Waals surface area contributed by atoms with E-state index in [9.17, 15) is 4.79 Å². The van der Waals surface area contributed by atoms with Crippen LogP contribution in [-0.2, 0) is 11.8 Å². The molecule has 31 heavy (non-hydrogen) atoms. The highest BCUT2D eigenvalue weighted by Gasteiger charge is 2.11. The third kappa shape index (κ3) is 4.09. The van der Waals surface area contributed by atoms with E-state index in [2.05, 4.69) is 33.0 Å². The van der Waals surface area contributed by atoms with Gasteiger partial charge in [-0.15, -0.1) is 5.10 Å². The molecular formula is C24H24N4O2S. The van der Waals surface area contributed by atoms with Crippen molar-refractivity contribution in [2.24, 2.45) is 17.3 Å². The first kappa shape index (κ1) is 20.8. The second kappa shape index (κ2) is 8.73. The summed E-state index contributed by atoms with van der Waals surface area (Å²) in [5.41, 5.74) is 5.81. The highest BCUT2D eigenvalue weighted by molar-refractivity contribution is 7.16.